The molecule has 0 spiro atoms. The van der Waals surface area contributed by atoms with Crippen LogP contribution in [-0.4, -0.2) is 11.7 Å². The average Bonchev–Trinajstić information content (AvgIpc) is 2.26. The van der Waals surface area contributed by atoms with Crippen molar-refractivity contribution in [2.24, 2.45) is 11.8 Å². The Balaban J connectivity index is 2.62. The summed E-state index contributed by atoms with van der Waals surface area (Å²) in [7, 11) is 0. The maximum Gasteiger partial charge on any atom is 0.123 e. The standard InChI is InChI=1S/C14H21FO/c1-3-5-11(2)13(10-16)8-12-6-4-7-14(15)9-12/h4,6-7,9,11,13,16H,3,5,8,10H2,1-2H3. The van der Waals surface area contributed by atoms with Crippen LogP contribution in [0.5, 0.6) is 0 Å². The van der Waals surface area contributed by atoms with Gasteiger partial charge in [0.1, 0.15) is 5.82 Å². The zero-order valence-corrected chi connectivity index (χ0v) is 10.1. The number of aliphatic hydroxyl groups excluding tert-OH is 1. The molecule has 0 saturated carbocycles. The van der Waals surface area contributed by atoms with Gasteiger partial charge in [0, 0.05) is 6.61 Å². The summed E-state index contributed by atoms with van der Waals surface area (Å²) in [6.45, 7) is 4.48. The predicted octanol–water partition coefficient (Wildman–Crippen LogP) is 3.41. The molecule has 0 aliphatic heterocycles. The van der Waals surface area contributed by atoms with Gasteiger partial charge in [-0.3, -0.25) is 0 Å². The third kappa shape index (κ3) is 3.93. The quantitative estimate of drug-likeness (QED) is 0.785. The highest BCUT2D eigenvalue weighted by Gasteiger charge is 2.16. The molecule has 0 aliphatic carbocycles. The van der Waals surface area contributed by atoms with Crippen molar-refractivity contribution >= 4 is 0 Å². The molecule has 1 N–H and O–H groups in total. The number of rotatable bonds is 6. The second-order valence-corrected chi connectivity index (χ2v) is 4.54. The lowest BCUT2D eigenvalue weighted by Crippen LogP contribution is -2.18. The van der Waals surface area contributed by atoms with Crippen molar-refractivity contribution in [3.8, 4) is 0 Å². The van der Waals surface area contributed by atoms with Crippen LogP contribution in [0.2, 0.25) is 0 Å². The van der Waals surface area contributed by atoms with Crippen LogP contribution in [0, 0.1) is 17.7 Å². The van der Waals surface area contributed by atoms with E-state index in [1.54, 1.807) is 12.1 Å². The van der Waals surface area contributed by atoms with Crippen molar-refractivity contribution in [1.29, 1.82) is 0 Å². The molecule has 0 aromatic heterocycles. The molecule has 1 rings (SSSR count). The molecule has 1 aromatic carbocycles. The van der Waals surface area contributed by atoms with Crippen LogP contribution < -0.4 is 0 Å². The van der Waals surface area contributed by atoms with Crippen LogP contribution >= 0.6 is 0 Å². The summed E-state index contributed by atoms with van der Waals surface area (Å²) < 4.78 is 13.0. The summed E-state index contributed by atoms with van der Waals surface area (Å²) in [5, 5.41) is 9.36. The molecule has 1 aromatic rings. The van der Waals surface area contributed by atoms with Crippen molar-refractivity contribution in [3.05, 3.63) is 35.6 Å². The van der Waals surface area contributed by atoms with Crippen LogP contribution in [-0.2, 0) is 6.42 Å². The molecule has 0 radical (unpaired) electrons. The Bertz CT molecular complexity index is 311. The van der Waals surface area contributed by atoms with Gasteiger partial charge in [-0.15, -0.1) is 0 Å². The first kappa shape index (κ1) is 13.2. The molecule has 16 heavy (non-hydrogen) atoms. The van der Waals surface area contributed by atoms with Gasteiger partial charge >= 0.3 is 0 Å². The summed E-state index contributed by atoms with van der Waals surface area (Å²) in [4.78, 5) is 0. The molecule has 1 nitrogen and oxygen atoms in total. The van der Waals surface area contributed by atoms with Crippen molar-refractivity contribution in [1.82, 2.24) is 0 Å². The number of aliphatic hydroxyl groups is 1. The van der Waals surface area contributed by atoms with Crippen LogP contribution in [0.1, 0.15) is 32.3 Å². The Labute approximate surface area is 97.3 Å². The van der Waals surface area contributed by atoms with Crippen molar-refractivity contribution in [3.63, 3.8) is 0 Å². The van der Waals surface area contributed by atoms with Gasteiger partial charge < -0.3 is 5.11 Å². The van der Waals surface area contributed by atoms with Crippen LogP contribution in [0.15, 0.2) is 24.3 Å². The molecule has 2 unspecified atom stereocenters. The zero-order chi connectivity index (χ0) is 12.0. The number of halogens is 1. The normalized spacial score (nSPS) is 14.8. The van der Waals surface area contributed by atoms with Gasteiger partial charge in [0.2, 0.25) is 0 Å². The third-order valence-electron chi connectivity index (χ3n) is 3.17. The molecule has 0 heterocycles. The Kier molecular flexibility index (Phi) is 5.47. The van der Waals surface area contributed by atoms with Gasteiger partial charge in [0.15, 0.2) is 0 Å². The summed E-state index contributed by atoms with van der Waals surface area (Å²) in [5.74, 6) is 0.525. The minimum Gasteiger partial charge on any atom is -0.396 e. The number of hydrogen-bond donors (Lipinski definition) is 1. The van der Waals surface area contributed by atoms with Crippen LogP contribution in [0.4, 0.5) is 4.39 Å². The van der Waals surface area contributed by atoms with Crippen molar-refractivity contribution < 1.29 is 9.50 Å². The Morgan fingerprint density at radius 3 is 2.69 bits per heavy atom. The minimum absolute atomic E-state index is 0.178. The van der Waals surface area contributed by atoms with Crippen LogP contribution in [0.3, 0.4) is 0 Å². The van der Waals surface area contributed by atoms with E-state index < -0.39 is 0 Å². The van der Waals surface area contributed by atoms with Crippen LogP contribution in [0.25, 0.3) is 0 Å². The molecule has 2 heteroatoms. The van der Waals surface area contributed by atoms with Gasteiger partial charge in [0.05, 0.1) is 0 Å². The number of benzene rings is 1. The largest absolute Gasteiger partial charge is 0.396 e. The average molecular weight is 224 g/mol. The first-order valence-electron chi connectivity index (χ1n) is 6.02. The lowest BCUT2D eigenvalue weighted by molar-refractivity contribution is 0.176. The summed E-state index contributed by atoms with van der Waals surface area (Å²) in [5.41, 5.74) is 0.974. The Hall–Kier alpha value is -0.890. The first-order chi connectivity index (χ1) is 7.67. The first-order valence-corrected chi connectivity index (χ1v) is 6.02. The summed E-state index contributed by atoms with van der Waals surface area (Å²) in [6.07, 6.45) is 3.00. The molecule has 0 bridgehead atoms. The van der Waals surface area contributed by atoms with E-state index in [0.717, 1.165) is 24.8 Å². The minimum atomic E-state index is -0.197. The highest BCUT2D eigenvalue weighted by Crippen LogP contribution is 2.21. The van der Waals surface area contributed by atoms with E-state index in [9.17, 15) is 9.50 Å². The van der Waals surface area contributed by atoms with E-state index in [2.05, 4.69) is 13.8 Å². The van der Waals surface area contributed by atoms with E-state index in [-0.39, 0.29) is 18.3 Å². The predicted molar refractivity (Wildman–Crippen MR) is 64.8 cm³/mol. The van der Waals surface area contributed by atoms with Gasteiger partial charge in [0.25, 0.3) is 0 Å². The number of hydrogen-bond acceptors (Lipinski definition) is 1. The maximum absolute atomic E-state index is 13.0. The molecular formula is C14H21FO. The third-order valence-corrected chi connectivity index (χ3v) is 3.17. The summed E-state index contributed by atoms with van der Waals surface area (Å²) in [6, 6.07) is 6.66. The molecule has 0 fully saturated rings. The second-order valence-electron chi connectivity index (χ2n) is 4.54. The molecule has 2 atom stereocenters. The molecule has 90 valence electrons. The fourth-order valence-corrected chi connectivity index (χ4v) is 2.10. The maximum atomic E-state index is 13.0. The van der Waals surface area contributed by atoms with E-state index in [0.29, 0.717) is 5.92 Å². The fraction of sp³-hybridized carbons (Fsp3) is 0.571. The van der Waals surface area contributed by atoms with E-state index in [4.69, 9.17) is 0 Å². The zero-order valence-electron chi connectivity index (χ0n) is 10.1. The Morgan fingerprint density at radius 2 is 2.12 bits per heavy atom. The molecule has 0 amide bonds. The Morgan fingerprint density at radius 1 is 1.38 bits per heavy atom. The SMILES string of the molecule is CCCC(C)C(CO)Cc1cccc(F)c1. The topological polar surface area (TPSA) is 20.2 Å². The lowest BCUT2D eigenvalue weighted by atomic mass is 9.86. The molecule has 0 saturated heterocycles. The van der Waals surface area contributed by atoms with E-state index in [1.807, 2.05) is 6.07 Å². The summed E-state index contributed by atoms with van der Waals surface area (Å²) >= 11 is 0. The highest BCUT2D eigenvalue weighted by molar-refractivity contribution is 5.17. The fourth-order valence-electron chi connectivity index (χ4n) is 2.10. The lowest BCUT2D eigenvalue weighted by Gasteiger charge is -2.21. The van der Waals surface area contributed by atoms with Gasteiger partial charge in [-0.1, -0.05) is 38.8 Å². The van der Waals surface area contributed by atoms with Gasteiger partial charge in [-0.25, -0.2) is 4.39 Å². The van der Waals surface area contributed by atoms with E-state index in [1.165, 1.54) is 6.07 Å². The van der Waals surface area contributed by atoms with Crippen molar-refractivity contribution in [2.75, 3.05) is 6.61 Å². The van der Waals surface area contributed by atoms with E-state index >= 15 is 0 Å². The smallest absolute Gasteiger partial charge is 0.123 e. The monoisotopic (exact) mass is 224 g/mol. The van der Waals surface area contributed by atoms with Crippen molar-refractivity contribution in [2.45, 2.75) is 33.1 Å². The molecule has 0 aliphatic rings. The van der Waals surface area contributed by atoms with Gasteiger partial charge in [-0.2, -0.15) is 0 Å². The second kappa shape index (κ2) is 6.64. The molecular weight excluding hydrogens is 203 g/mol. The van der Waals surface area contributed by atoms with Gasteiger partial charge in [-0.05, 0) is 36.0 Å². The highest BCUT2D eigenvalue weighted by atomic mass is 19.1.